The number of alkyl halides is 2. The first-order valence-corrected chi connectivity index (χ1v) is 7.12. The van der Waals surface area contributed by atoms with E-state index in [4.69, 9.17) is 9.29 Å². The molecule has 1 aliphatic heterocycles. The topological polar surface area (TPSA) is 93.2 Å². The van der Waals surface area contributed by atoms with Gasteiger partial charge in [0.05, 0.1) is 6.10 Å². The second-order valence-corrected chi connectivity index (χ2v) is 6.95. The molecule has 0 aromatic carbocycles. The van der Waals surface area contributed by atoms with Crippen molar-refractivity contribution >= 4 is 16.1 Å². The quantitative estimate of drug-likeness (QED) is 0.474. The number of hydrogen-bond acceptors (Lipinski definition) is 5. The Morgan fingerprint density at radius 1 is 1.47 bits per heavy atom. The van der Waals surface area contributed by atoms with Crippen LogP contribution in [-0.4, -0.2) is 42.5 Å². The number of carbonyl (C=O) groups is 1. The Kier molecular flexibility index (Phi) is 3.15. The van der Waals surface area contributed by atoms with Crippen molar-refractivity contribution in [2.24, 2.45) is 5.41 Å². The van der Waals surface area contributed by atoms with Crippen LogP contribution in [0.5, 0.6) is 0 Å². The van der Waals surface area contributed by atoms with Crippen LogP contribution in [0.1, 0.15) is 26.7 Å². The van der Waals surface area contributed by atoms with Gasteiger partial charge in [-0.15, -0.1) is 0 Å². The van der Waals surface area contributed by atoms with Crippen LogP contribution in [0.25, 0.3) is 0 Å². The monoisotopic (exact) mass is 300 g/mol. The fourth-order valence-electron chi connectivity index (χ4n) is 2.29. The summed E-state index contributed by atoms with van der Waals surface area (Å²) in [5, 5.41) is -4.95. The summed E-state index contributed by atoms with van der Waals surface area (Å²) >= 11 is 0. The first-order chi connectivity index (χ1) is 8.47. The molecule has 0 bridgehead atoms. The third-order valence-electron chi connectivity index (χ3n) is 3.56. The highest BCUT2D eigenvalue weighted by Gasteiger charge is 2.61. The van der Waals surface area contributed by atoms with Gasteiger partial charge < -0.3 is 9.47 Å². The number of halogens is 2. The van der Waals surface area contributed by atoms with Gasteiger partial charge in [0.2, 0.25) is 0 Å². The number of hydrogen-bond donors (Lipinski definition) is 1. The van der Waals surface area contributed by atoms with Crippen LogP contribution < -0.4 is 0 Å². The van der Waals surface area contributed by atoms with E-state index >= 15 is 0 Å². The maximum Gasteiger partial charge on any atom is 0.465 e. The average molecular weight is 300 g/mol. The Hall–Kier alpha value is -0.800. The molecule has 0 aromatic rings. The lowest BCUT2D eigenvalue weighted by molar-refractivity contribution is -0.169. The van der Waals surface area contributed by atoms with Crippen LogP contribution in [0.15, 0.2) is 0 Å². The molecule has 1 saturated carbocycles. The van der Waals surface area contributed by atoms with Crippen molar-refractivity contribution in [3.8, 4) is 0 Å². The summed E-state index contributed by atoms with van der Waals surface area (Å²) in [4.78, 5) is 11.1. The Morgan fingerprint density at radius 3 is 2.58 bits per heavy atom. The van der Waals surface area contributed by atoms with E-state index in [2.05, 4.69) is 4.74 Å². The smallest absolute Gasteiger partial charge is 0.454 e. The second-order valence-electron chi connectivity index (χ2n) is 5.48. The van der Waals surface area contributed by atoms with Gasteiger partial charge in [0, 0.05) is 0 Å². The summed E-state index contributed by atoms with van der Waals surface area (Å²) < 4.78 is 64.9. The Morgan fingerprint density at radius 2 is 2.05 bits per heavy atom. The summed E-state index contributed by atoms with van der Waals surface area (Å²) in [6, 6.07) is 0. The van der Waals surface area contributed by atoms with E-state index in [1.54, 1.807) is 0 Å². The normalized spacial score (nSPS) is 33.4. The molecular formula is C10H14F2O6S. The van der Waals surface area contributed by atoms with Crippen molar-refractivity contribution in [1.82, 2.24) is 0 Å². The van der Waals surface area contributed by atoms with E-state index in [9.17, 15) is 22.0 Å². The van der Waals surface area contributed by atoms with Gasteiger partial charge in [-0.25, -0.2) is 4.79 Å². The Bertz CT molecular complexity index is 500. The maximum absolute atomic E-state index is 13.0. The van der Waals surface area contributed by atoms with Crippen molar-refractivity contribution in [3.63, 3.8) is 0 Å². The predicted molar refractivity (Wildman–Crippen MR) is 58.1 cm³/mol. The van der Waals surface area contributed by atoms with Crippen molar-refractivity contribution in [3.05, 3.63) is 0 Å². The van der Waals surface area contributed by atoms with Crippen molar-refractivity contribution < 1.29 is 36.0 Å². The zero-order valence-corrected chi connectivity index (χ0v) is 11.1. The molecule has 3 atom stereocenters. The summed E-state index contributed by atoms with van der Waals surface area (Å²) in [5.74, 6) is -2.27. The van der Waals surface area contributed by atoms with E-state index in [1.165, 1.54) is 0 Å². The number of esters is 1. The lowest BCUT2D eigenvalue weighted by Gasteiger charge is -2.30. The van der Waals surface area contributed by atoms with Gasteiger partial charge >= 0.3 is 21.3 Å². The zero-order chi connectivity index (χ0) is 14.6. The lowest BCUT2D eigenvalue weighted by atomic mass is 9.76. The van der Waals surface area contributed by atoms with Crippen LogP contribution in [0, 0.1) is 5.41 Å². The SMILES string of the molecule is CC1(C)CCC(OC(=O)C(F)(F)S(=O)(=O)O)C2OC21. The third-order valence-corrected chi connectivity index (χ3v) is 4.37. The molecule has 1 aliphatic carbocycles. The average Bonchev–Trinajstić information content (AvgIpc) is 3.01. The number of rotatable bonds is 3. The van der Waals surface area contributed by atoms with Crippen LogP contribution >= 0.6 is 0 Å². The summed E-state index contributed by atoms with van der Waals surface area (Å²) in [6.45, 7) is 3.89. The van der Waals surface area contributed by atoms with Gasteiger partial charge in [-0.2, -0.15) is 17.2 Å². The molecule has 1 saturated heterocycles. The zero-order valence-electron chi connectivity index (χ0n) is 10.3. The number of fused-ring (bicyclic) bond motifs is 1. The molecule has 0 aromatic heterocycles. The lowest BCUT2D eigenvalue weighted by Crippen LogP contribution is -2.44. The fraction of sp³-hybridized carbons (Fsp3) is 0.900. The maximum atomic E-state index is 13.0. The predicted octanol–water partition coefficient (Wildman–Crippen LogP) is 0.966. The van der Waals surface area contributed by atoms with Gasteiger partial charge in [-0.05, 0) is 18.3 Å². The summed E-state index contributed by atoms with van der Waals surface area (Å²) in [6.07, 6.45) is -0.660. The first-order valence-electron chi connectivity index (χ1n) is 5.68. The van der Waals surface area contributed by atoms with E-state index in [-0.39, 0.29) is 11.5 Å². The molecule has 3 unspecified atom stereocenters. The number of ether oxygens (including phenoxy) is 2. The van der Waals surface area contributed by atoms with E-state index in [0.29, 0.717) is 12.8 Å². The molecule has 1 N–H and O–H groups in total. The molecule has 2 aliphatic rings. The number of carbonyl (C=O) groups excluding carboxylic acids is 1. The van der Waals surface area contributed by atoms with Gasteiger partial charge in [-0.3, -0.25) is 4.55 Å². The van der Waals surface area contributed by atoms with E-state index < -0.39 is 33.5 Å². The number of epoxide rings is 1. The molecule has 2 rings (SSSR count). The molecule has 0 radical (unpaired) electrons. The first kappa shape index (κ1) is 14.6. The minimum absolute atomic E-state index is 0.126. The minimum Gasteiger partial charge on any atom is -0.454 e. The summed E-state index contributed by atoms with van der Waals surface area (Å²) in [5.41, 5.74) is -0.126. The molecule has 6 nitrogen and oxygen atoms in total. The highest BCUT2D eigenvalue weighted by Crippen LogP contribution is 2.49. The largest absolute Gasteiger partial charge is 0.465 e. The van der Waals surface area contributed by atoms with Crippen LogP contribution in [0.3, 0.4) is 0 Å². The highest BCUT2D eigenvalue weighted by atomic mass is 32.2. The van der Waals surface area contributed by atoms with Gasteiger partial charge in [0.15, 0.2) is 0 Å². The van der Waals surface area contributed by atoms with Crippen LogP contribution in [0.4, 0.5) is 8.78 Å². The second kappa shape index (κ2) is 4.10. The molecule has 0 spiro atoms. The molecule has 19 heavy (non-hydrogen) atoms. The van der Waals surface area contributed by atoms with Gasteiger partial charge in [0.25, 0.3) is 0 Å². The minimum atomic E-state index is -5.83. The molecule has 2 fully saturated rings. The van der Waals surface area contributed by atoms with Gasteiger partial charge in [0.1, 0.15) is 12.2 Å². The standard InChI is InChI=1S/C10H14F2O6S/c1-9(2)4-3-5(6-7(9)18-6)17-8(13)10(11,12)19(14,15)16/h5-7H,3-4H2,1-2H3,(H,14,15,16). The van der Waals surface area contributed by atoms with Gasteiger partial charge in [-0.1, -0.05) is 13.8 Å². The molecule has 0 amide bonds. The van der Waals surface area contributed by atoms with E-state index in [1.807, 2.05) is 13.8 Å². The van der Waals surface area contributed by atoms with Crippen LogP contribution in [0.2, 0.25) is 0 Å². The Balaban J connectivity index is 2.03. The Labute approximate surface area is 108 Å². The summed E-state index contributed by atoms with van der Waals surface area (Å²) in [7, 11) is -5.83. The third kappa shape index (κ3) is 2.46. The van der Waals surface area contributed by atoms with Crippen molar-refractivity contribution in [1.29, 1.82) is 0 Å². The highest BCUT2D eigenvalue weighted by molar-refractivity contribution is 7.87. The molecule has 1 heterocycles. The van der Waals surface area contributed by atoms with Crippen molar-refractivity contribution in [2.75, 3.05) is 0 Å². The molecular weight excluding hydrogens is 286 g/mol. The molecule has 110 valence electrons. The fourth-order valence-corrected chi connectivity index (χ4v) is 2.55. The van der Waals surface area contributed by atoms with E-state index in [0.717, 1.165) is 0 Å². The van der Waals surface area contributed by atoms with Crippen LogP contribution in [-0.2, 0) is 24.4 Å². The molecule has 9 heteroatoms. The van der Waals surface area contributed by atoms with Crippen molar-refractivity contribution in [2.45, 2.75) is 50.3 Å².